The third-order valence-corrected chi connectivity index (χ3v) is 4.61. The van der Waals surface area contributed by atoms with Gasteiger partial charge in [0.25, 0.3) is 0 Å². The molecule has 0 aliphatic carbocycles. The van der Waals surface area contributed by atoms with E-state index in [1.54, 1.807) is 0 Å². The van der Waals surface area contributed by atoms with Gasteiger partial charge in [-0.1, -0.05) is 67.2 Å². The van der Waals surface area contributed by atoms with Crippen molar-refractivity contribution in [2.45, 2.75) is 11.2 Å². The van der Waals surface area contributed by atoms with E-state index in [0.717, 1.165) is 26.5 Å². The fraction of sp³-hybridized carbons (Fsp3) is 0.143. The predicted octanol–water partition coefficient (Wildman–Crippen LogP) is 6.43. The van der Waals surface area contributed by atoms with E-state index < -0.39 is 0 Å². The molecule has 0 fully saturated rings. The number of halogens is 4. The first kappa shape index (κ1) is 14.4. The Balaban J connectivity index is 2.21. The minimum atomic E-state index is 0.198. The normalized spacial score (nSPS) is 12.4. The average molecular weight is 409 g/mol. The maximum absolute atomic E-state index is 6.03. The highest BCUT2D eigenvalue weighted by molar-refractivity contribution is 9.11. The first-order chi connectivity index (χ1) is 8.56. The van der Waals surface area contributed by atoms with Crippen LogP contribution < -0.4 is 0 Å². The molecule has 0 bridgehead atoms. The highest BCUT2D eigenvalue weighted by atomic mass is 79.9. The van der Waals surface area contributed by atoms with Gasteiger partial charge >= 0.3 is 0 Å². The molecular weight excluding hydrogens is 399 g/mol. The van der Waals surface area contributed by atoms with Crippen LogP contribution in [0.25, 0.3) is 0 Å². The fourth-order valence-electron chi connectivity index (χ4n) is 1.74. The van der Waals surface area contributed by atoms with Gasteiger partial charge in [0.15, 0.2) is 0 Å². The van der Waals surface area contributed by atoms with E-state index in [-0.39, 0.29) is 4.83 Å². The number of benzene rings is 2. The molecule has 1 unspecified atom stereocenters. The van der Waals surface area contributed by atoms with Gasteiger partial charge in [-0.2, -0.15) is 0 Å². The zero-order valence-electron chi connectivity index (χ0n) is 9.34. The van der Waals surface area contributed by atoms with E-state index in [1.165, 1.54) is 5.56 Å². The molecule has 0 amide bonds. The van der Waals surface area contributed by atoms with Gasteiger partial charge in [0.2, 0.25) is 0 Å². The van der Waals surface area contributed by atoms with Gasteiger partial charge in [0, 0.05) is 19.3 Å². The van der Waals surface area contributed by atoms with E-state index in [4.69, 9.17) is 23.2 Å². The first-order valence-corrected chi connectivity index (χ1v) is 7.86. The predicted molar refractivity (Wildman–Crippen MR) is 86.0 cm³/mol. The molecule has 0 aliphatic rings. The summed E-state index contributed by atoms with van der Waals surface area (Å²) in [6, 6.07) is 13.7. The molecule has 2 aromatic rings. The third kappa shape index (κ3) is 3.74. The van der Waals surface area contributed by atoms with Crippen LogP contribution in [0.4, 0.5) is 0 Å². The van der Waals surface area contributed by atoms with Crippen molar-refractivity contribution in [3.05, 3.63) is 68.1 Å². The molecule has 18 heavy (non-hydrogen) atoms. The van der Waals surface area contributed by atoms with E-state index in [1.807, 2.05) is 36.4 Å². The number of hydrogen-bond acceptors (Lipinski definition) is 0. The van der Waals surface area contributed by atoms with Crippen LogP contribution in [0.5, 0.6) is 0 Å². The van der Waals surface area contributed by atoms with Crippen LogP contribution in [-0.2, 0) is 6.42 Å². The van der Waals surface area contributed by atoms with Crippen LogP contribution in [0.15, 0.2) is 46.9 Å². The minimum absolute atomic E-state index is 0.198. The Hall–Kier alpha value is -0.0200. The second-order valence-electron chi connectivity index (χ2n) is 3.97. The van der Waals surface area contributed by atoms with Gasteiger partial charge in [0.1, 0.15) is 0 Å². The lowest BCUT2D eigenvalue weighted by molar-refractivity contribution is 0.943. The Labute approximate surface area is 134 Å². The Kier molecular flexibility index (Phi) is 5.14. The van der Waals surface area contributed by atoms with E-state index in [0.29, 0.717) is 0 Å². The van der Waals surface area contributed by atoms with E-state index in [9.17, 15) is 0 Å². The van der Waals surface area contributed by atoms with Gasteiger partial charge in [-0.3, -0.25) is 0 Å². The maximum Gasteiger partial charge on any atom is 0.0447 e. The highest BCUT2D eigenvalue weighted by Crippen LogP contribution is 2.34. The lowest BCUT2D eigenvalue weighted by Crippen LogP contribution is -1.96. The molecular formula is C14H10Br2Cl2. The summed E-state index contributed by atoms with van der Waals surface area (Å²) in [5.74, 6) is 0. The van der Waals surface area contributed by atoms with Gasteiger partial charge in [-0.15, -0.1) is 0 Å². The summed E-state index contributed by atoms with van der Waals surface area (Å²) in [5.41, 5.74) is 2.33. The van der Waals surface area contributed by atoms with Crippen LogP contribution >= 0.6 is 55.1 Å². The van der Waals surface area contributed by atoms with Crippen molar-refractivity contribution >= 4 is 55.1 Å². The number of hydrogen-bond donors (Lipinski definition) is 0. The van der Waals surface area contributed by atoms with Crippen molar-refractivity contribution in [3.8, 4) is 0 Å². The third-order valence-electron chi connectivity index (χ3n) is 2.60. The van der Waals surface area contributed by atoms with Crippen LogP contribution in [-0.4, -0.2) is 0 Å². The Morgan fingerprint density at radius 2 is 1.72 bits per heavy atom. The molecule has 0 N–H and O–H groups in total. The summed E-state index contributed by atoms with van der Waals surface area (Å²) < 4.78 is 1.05. The van der Waals surface area contributed by atoms with Gasteiger partial charge in [-0.25, -0.2) is 0 Å². The fourth-order valence-corrected chi connectivity index (χ4v) is 3.71. The second kappa shape index (κ2) is 6.42. The standard InChI is InChI=1S/C14H10Br2Cl2/c15-13-5-4-11(18)8-12(13)14(16)7-9-2-1-3-10(17)6-9/h1-6,8,14H,7H2. The Bertz CT molecular complexity index is 555. The lowest BCUT2D eigenvalue weighted by Gasteiger charge is -2.13. The molecule has 94 valence electrons. The number of rotatable bonds is 3. The molecule has 1 atom stereocenters. The SMILES string of the molecule is Clc1cccc(CC(Br)c2cc(Cl)ccc2Br)c1. The smallest absolute Gasteiger partial charge is 0.0447 e. The molecule has 0 saturated carbocycles. The summed E-state index contributed by atoms with van der Waals surface area (Å²) >= 11 is 19.3. The summed E-state index contributed by atoms with van der Waals surface area (Å²) in [7, 11) is 0. The molecule has 0 saturated heterocycles. The Morgan fingerprint density at radius 3 is 2.44 bits per heavy atom. The second-order valence-corrected chi connectivity index (χ2v) is 6.80. The molecule has 2 aromatic carbocycles. The van der Waals surface area contributed by atoms with Crippen molar-refractivity contribution in [1.29, 1.82) is 0 Å². The molecule has 0 aromatic heterocycles. The summed E-state index contributed by atoms with van der Waals surface area (Å²) in [5, 5.41) is 1.50. The summed E-state index contributed by atoms with van der Waals surface area (Å²) in [4.78, 5) is 0.198. The molecule has 4 heteroatoms. The molecule has 0 nitrogen and oxygen atoms in total. The largest absolute Gasteiger partial charge is 0.0843 e. The number of alkyl halides is 1. The summed E-state index contributed by atoms with van der Waals surface area (Å²) in [6.07, 6.45) is 0.861. The topological polar surface area (TPSA) is 0 Å². The van der Waals surface area contributed by atoms with Crippen molar-refractivity contribution in [2.75, 3.05) is 0 Å². The van der Waals surface area contributed by atoms with Gasteiger partial charge in [-0.05, 0) is 47.9 Å². The monoisotopic (exact) mass is 406 g/mol. The average Bonchev–Trinajstić information content (AvgIpc) is 2.32. The van der Waals surface area contributed by atoms with Gasteiger partial charge in [0.05, 0.1) is 0 Å². The molecule has 0 heterocycles. The lowest BCUT2D eigenvalue weighted by atomic mass is 10.0. The first-order valence-electron chi connectivity index (χ1n) is 5.40. The molecule has 2 rings (SSSR count). The maximum atomic E-state index is 6.03. The van der Waals surface area contributed by atoms with Crippen LogP contribution in [0.3, 0.4) is 0 Å². The molecule has 0 radical (unpaired) electrons. The zero-order valence-corrected chi connectivity index (χ0v) is 14.0. The van der Waals surface area contributed by atoms with Crippen molar-refractivity contribution in [1.82, 2.24) is 0 Å². The Morgan fingerprint density at radius 1 is 1.00 bits per heavy atom. The van der Waals surface area contributed by atoms with E-state index in [2.05, 4.69) is 37.9 Å². The zero-order chi connectivity index (χ0) is 13.1. The summed E-state index contributed by atoms with van der Waals surface area (Å²) in [6.45, 7) is 0. The van der Waals surface area contributed by atoms with Crippen LogP contribution in [0.1, 0.15) is 16.0 Å². The van der Waals surface area contributed by atoms with E-state index >= 15 is 0 Å². The van der Waals surface area contributed by atoms with Crippen molar-refractivity contribution < 1.29 is 0 Å². The van der Waals surface area contributed by atoms with Crippen molar-refractivity contribution in [2.24, 2.45) is 0 Å². The molecule has 0 aliphatic heterocycles. The molecule has 0 spiro atoms. The minimum Gasteiger partial charge on any atom is -0.0843 e. The van der Waals surface area contributed by atoms with Crippen molar-refractivity contribution in [3.63, 3.8) is 0 Å². The quantitative estimate of drug-likeness (QED) is 0.513. The highest BCUT2D eigenvalue weighted by Gasteiger charge is 2.12. The van der Waals surface area contributed by atoms with Gasteiger partial charge < -0.3 is 0 Å². The van der Waals surface area contributed by atoms with Crippen LogP contribution in [0, 0.1) is 0 Å². The van der Waals surface area contributed by atoms with Crippen LogP contribution in [0.2, 0.25) is 10.0 Å².